The van der Waals surface area contributed by atoms with Crippen molar-refractivity contribution in [3.05, 3.63) is 107 Å². The third-order valence-corrected chi connectivity index (χ3v) is 10.6. The maximum atomic E-state index is 13.6. The van der Waals surface area contributed by atoms with Crippen LogP contribution in [0.25, 0.3) is 0 Å². The average Bonchev–Trinajstić information content (AvgIpc) is 3.13. The number of piperidine rings is 2. The zero-order valence-corrected chi connectivity index (χ0v) is 29.9. The average molecular weight is 711 g/mol. The number of aliphatic hydroxyl groups is 1. The van der Waals surface area contributed by atoms with Gasteiger partial charge >= 0.3 is 5.97 Å². The molecule has 0 aliphatic carbocycles. The zero-order chi connectivity index (χ0) is 34.0. The van der Waals surface area contributed by atoms with Crippen molar-refractivity contribution in [2.45, 2.75) is 62.4 Å². The largest absolute Gasteiger partial charge is 0.469 e. The first kappa shape index (κ1) is 38.4. The number of nitrogens with zero attached hydrogens (tertiary/aromatic N) is 2. The van der Waals surface area contributed by atoms with Gasteiger partial charge in [0.15, 0.2) is 0 Å². The van der Waals surface area contributed by atoms with Crippen LogP contribution in [0.2, 0.25) is 5.02 Å². The molecule has 2 fully saturated rings. The summed E-state index contributed by atoms with van der Waals surface area (Å²) in [5, 5.41) is 15.4. The van der Waals surface area contributed by atoms with E-state index in [1.807, 2.05) is 36.4 Å². The van der Waals surface area contributed by atoms with Crippen LogP contribution >= 0.6 is 24.0 Å². The lowest BCUT2D eigenvalue weighted by molar-refractivity contribution is -0.144. The Balaban J connectivity index is 0.00000541. The van der Waals surface area contributed by atoms with Gasteiger partial charge in [-0.25, -0.2) is 0 Å². The minimum Gasteiger partial charge on any atom is -0.469 e. The van der Waals surface area contributed by atoms with Gasteiger partial charge in [0.1, 0.15) is 0 Å². The summed E-state index contributed by atoms with van der Waals surface area (Å²) in [7, 11) is 1.32. The van der Waals surface area contributed by atoms with Crippen LogP contribution in [0, 0.1) is 5.92 Å². The van der Waals surface area contributed by atoms with Crippen molar-refractivity contribution < 1.29 is 24.2 Å². The van der Waals surface area contributed by atoms with Gasteiger partial charge in [-0.3, -0.25) is 14.4 Å². The number of rotatable bonds is 13. The van der Waals surface area contributed by atoms with Gasteiger partial charge < -0.3 is 25.0 Å². The molecule has 0 radical (unpaired) electrons. The fourth-order valence-electron chi connectivity index (χ4n) is 7.30. The zero-order valence-electron chi connectivity index (χ0n) is 28.3. The van der Waals surface area contributed by atoms with Crippen LogP contribution in [0.4, 0.5) is 0 Å². The quantitative estimate of drug-likeness (QED) is 0.208. The molecule has 2 heterocycles. The van der Waals surface area contributed by atoms with Crippen LogP contribution in [0.15, 0.2) is 84.9 Å². The second-order valence-corrected chi connectivity index (χ2v) is 13.7. The van der Waals surface area contributed by atoms with Crippen molar-refractivity contribution in [3.8, 4) is 0 Å². The summed E-state index contributed by atoms with van der Waals surface area (Å²) >= 11 is 6.08. The number of likely N-dealkylation sites (tertiary alicyclic amines) is 2. The van der Waals surface area contributed by atoms with E-state index in [9.17, 15) is 19.5 Å². The van der Waals surface area contributed by atoms with Crippen molar-refractivity contribution in [1.29, 1.82) is 0 Å². The Labute approximate surface area is 301 Å². The van der Waals surface area contributed by atoms with Crippen LogP contribution in [-0.2, 0) is 30.1 Å². The molecule has 5 rings (SSSR count). The van der Waals surface area contributed by atoms with E-state index in [4.69, 9.17) is 11.6 Å². The van der Waals surface area contributed by atoms with Crippen LogP contribution < -0.4 is 5.32 Å². The first-order valence-electron chi connectivity index (χ1n) is 17.2. The Morgan fingerprint density at radius 1 is 0.878 bits per heavy atom. The Bertz CT molecular complexity index is 1450. The second-order valence-electron chi connectivity index (χ2n) is 13.2. The SMILES string of the molecule is COC(=O)CCC(=O)N1CCC(C(=O)NCC(CCCN2CCC(O)(c3ccc(Cl)cc3)CC2)(c2ccccc2)c2ccccc2)CC1.Cl. The molecule has 0 atom stereocenters. The Morgan fingerprint density at radius 2 is 1.45 bits per heavy atom. The third kappa shape index (κ3) is 9.85. The fraction of sp³-hybridized carbons (Fsp3) is 0.462. The van der Waals surface area contributed by atoms with Crippen LogP contribution in [0.3, 0.4) is 0 Å². The maximum Gasteiger partial charge on any atom is 0.306 e. The number of hydrogen-bond acceptors (Lipinski definition) is 6. The highest BCUT2D eigenvalue weighted by molar-refractivity contribution is 6.30. The summed E-state index contributed by atoms with van der Waals surface area (Å²) in [6.07, 6.45) is 4.48. The molecule has 2 amide bonds. The summed E-state index contributed by atoms with van der Waals surface area (Å²) in [5.41, 5.74) is 1.99. The van der Waals surface area contributed by atoms with Crippen LogP contribution in [0.1, 0.15) is 68.1 Å². The smallest absolute Gasteiger partial charge is 0.306 e. The van der Waals surface area contributed by atoms with E-state index in [-0.39, 0.29) is 43.0 Å². The molecule has 2 aliphatic rings. The highest BCUT2D eigenvalue weighted by Gasteiger charge is 2.37. The Morgan fingerprint density at radius 3 is 2.00 bits per heavy atom. The van der Waals surface area contributed by atoms with Gasteiger partial charge in [-0.1, -0.05) is 84.4 Å². The van der Waals surface area contributed by atoms with Crippen molar-refractivity contribution >= 4 is 41.8 Å². The fourth-order valence-corrected chi connectivity index (χ4v) is 7.43. The molecule has 2 saturated heterocycles. The van der Waals surface area contributed by atoms with E-state index >= 15 is 0 Å². The number of methoxy groups -OCH3 is 1. The first-order chi connectivity index (χ1) is 23.2. The molecule has 49 heavy (non-hydrogen) atoms. The van der Waals surface area contributed by atoms with Crippen molar-refractivity contribution in [2.24, 2.45) is 5.92 Å². The lowest BCUT2D eigenvalue weighted by atomic mass is 9.71. The monoisotopic (exact) mass is 709 g/mol. The Hall–Kier alpha value is -3.43. The van der Waals surface area contributed by atoms with Crippen molar-refractivity contribution in [2.75, 3.05) is 46.4 Å². The minimum atomic E-state index is -0.838. The van der Waals surface area contributed by atoms with Gasteiger partial charge in [0, 0.05) is 55.5 Å². The summed E-state index contributed by atoms with van der Waals surface area (Å²) in [4.78, 5) is 41.9. The number of esters is 1. The Kier molecular flexibility index (Phi) is 14.1. The molecule has 0 saturated carbocycles. The molecule has 2 N–H and O–H groups in total. The topological polar surface area (TPSA) is 99.2 Å². The highest BCUT2D eigenvalue weighted by Crippen LogP contribution is 2.38. The molecular formula is C39H49Cl2N3O5. The number of amides is 2. The molecule has 2 aliphatic heterocycles. The molecule has 0 aromatic heterocycles. The van der Waals surface area contributed by atoms with Gasteiger partial charge in [-0.15, -0.1) is 12.4 Å². The summed E-state index contributed by atoms with van der Waals surface area (Å²) in [5.74, 6) is -0.623. The van der Waals surface area contributed by atoms with Gasteiger partial charge in [0.2, 0.25) is 11.8 Å². The van der Waals surface area contributed by atoms with Crippen molar-refractivity contribution in [1.82, 2.24) is 15.1 Å². The molecule has 264 valence electrons. The van der Waals surface area contributed by atoms with Crippen LogP contribution in [-0.4, -0.2) is 79.1 Å². The molecular weight excluding hydrogens is 661 g/mol. The summed E-state index contributed by atoms with van der Waals surface area (Å²) in [6.45, 7) is 3.99. The van der Waals surface area contributed by atoms with E-state index in [0.717, 1.165) is 38.0 Å². The number of carbonyl (C=O) groups excluding carboxylic acids is 3. The number of nitrogens with one attached hydrogen (secondary N) is 1. The van der Waals surface area contributed by atoms with Crippen molar-refractivity contribution in [3.63, 3.8) is 0 Å². The van der Waals surface area contributed by atoms with E-state index in [0.29, 0.717) is 50.3 Å². The van der Waals surface area contributed by atoms with Gasteiger partial charge in [-0.05, 0) is 73.9 Å². The number of benzene rings is 3. The lowest BCUT2D eigenvalue weighted by Crippen LogP contribution is -2.47. The number of hydrogen-bond donors (Lipinski definition) is 2. The molecule has 3 aromatic carbocycles. The van der Waals surface area contributed by atoms with E-state index < -0.39 is 17.0 Å². The normalized spacial score (nSPS) is 16.8. The number of ether oxygens (including phenoxy) is 1. The molecule has 3 aromatic rings. The minimum absolute atomic E-state index is 0. The molecule has 0 spiro atoms. The molecule has 0 bridgehead atoms. The van der Waals surface area contributed by atoms with Gasteiger partial charge in [-0.2, -0.15) is 0 Å². The predicted octanol–water partition coefficient (Wildman–Crippen LogP) is 6.12. The predicted molar refractivity (Wildman–Crippen MR) is 195 cm³/mol. The second kappa shape index (κ2) is 18.0. The highest BCUT2D eigenvalue weighted by atomic mass is 35.5. The molecule has 8 nitrogen and oxygen atoms in total. The third-order valence-electron chi connectivity index (χ3n) is 10.3. The van der Waals surface area contributed by atoms with Gasteiger partial charge in [0.05, 0.1) is 19.1 Å². The number of carbonyl (C=O) groups is 3. The van der Waals surface area contributed by atoms with E-state index in [1.165, 1.54) is 18.2 Å². The molecule has 10 heteroatoms. The van der Waals surface area contributed by atoms with E-state index in [2.05, 4.69) is 63.5 Å². The molecule has 0 unspecified atom stereocenters. The van der Waals surface area contributed by atoms with Crippen LogP contribution in [0.5, 0.6) is 0 Å². The lowest BCUT2D eigenvalue weighted by Gasteiger charge is -2.40. The first-order valence-corrected chi connectivity index (χ1v) is 17.5. The van der Waals surface area contributed by atoms with E-state index in [1.54, 1.807) is 4.90 Å². The summed E-state index contributed by atoms with van der Waals surface area (Å²) < 4.78 is 4.66. The van der Waals surface area contributed by atoms with Gasteiger partial charge in [0.25, 0.3) is 0 Å². The standard InChI is InChI=1S/C39H48ClN3O5.ClH/c1-48-36(45)18-17-35(44)43-25-19-30(20-26-43)37(46)41-29-38(31-9-4-2-5-10-31,32-11-6-3-7-12-32)21-8-24-42-27-22-39(47,23-28-42)33-13-15-34(40)16-14-33;/h2-7,9-16,30,47H,8,17-29H2,1H3,(H,41,46);1H. The summed E-state index contributed by atoms with van der Waals surface area (Å²) in [6, 6.07) is 28.4. The maximum absolute atomic E-state index is 13.6. The number of halogens is 2.